The third kappa shape index (κ3) is 5.01. The number of thioether (sulfide) groups is 1. The van der Waals surface area contributed by atoms with Crippen molar-refractivity contribution in [3.05, 3.63) is 35.3 Å². The van der Waals surface area contributed by atoms with Gasteiger partial charge in [-0.25, -0.2) is 4.98 Å². The van der Waals surface area contributed by atoms with Crippen molar-refractivity contribution in [1.29, 1.82) is 0 Å². The Bertz CT molecular complexity index is 709. The van der Waals surface area contributed by atoms with E-state index in [0.29, 0.717) is 11.8 Å². The van der Waals surface area contributed by atoms with Crippen LogP contribution in [0.1, 0.15) is 37.8 Å². The van der Waals surface area contributed by atoms with Gasteiger partial charge in [0, 0.05) is 29.8 Å². The Balaban J connectivity index is 1.47. The molecule has 3 rings (SSSR count). The van der Waals surface area contributed by atoms with Crippen molar-refractivity contribution in [3.8, 4) is 16.3 Å². The van der Waals surface area contributed by atoms with Gasteiger partial charge in [0.05, 0.1) is 18.6 Å². The van der Waals surface area contributed by atoms with E-state index in [9.17, 15) is 4.79 Å². The summed E-state index contributed by atoms with van der Waals surface area (Å²) in [6, 6.07) is 8.39. The van der Waals surface area contributed by atoms with Crippen LogP contribution in [0.25, 0.3) is 10.6 Å². The van der Waals surface area contributed by atoms with Gasteiger partial charge in [-0.3, -0.25) is 4.79 Å². The van der Waals surface area contributed by atoms with Crippen LogP contribution in [0.5, 0.6) is 5.75 Å². The lowest BCUT2D eigenvalue weighted by Crippen LogP contribution is -2.39. The first-order chi connectivity index (χ1) is 12.7. The molecule has 2 aromatic rings. The van der Waals surface area contributed by atoms with Gasteiger partial charge >= 0.3 is 0 Å². The van der Waals surface area contributed by atoms with Crippen molar-refractivity contribution in [1.82, 2.24) is 9.88 Å². The molecule has 1 aromatic heterocycles. The molecule has 0 radical (unpaired) electrons. The van der Waals surface area contributed by atoms with Gasteiger partial charge in [-0.05, 0) is 37.1 Å². The van der Waals surface area contributed by atoms with E-state index >= 15 is 0 Å². The molecule has 1 aliphatic carbocycles. The van der Waals surface area contributed by atoms with E-state index in [0.717, 1.165) is 40.6 Å². The van der Waals surface area contributed by atoms with Crippen LogP contribution in [-0.2, 0) is 10.5 Å². The van der Waals surface area contributed by atoms with Gasteiger partial charge in [-0.15, -0.1) is 23.1 Å². The Kier molecular flexibility index (Phi) is 6.97. The molecule has 0 saturated heterocycles. The minimum Gasteiger partial charge on any atom is -0.497 e. The summed E-state index contributed by atoms with van der Waals surface area (Å²) in [5, 5.41) is 3.09. The lowest BCUT2D eigenvalue weighted by molar-refractivity contribution is -0.129. The minimum absolute atomic E-state index is 0.243. The second-order valence-electron chi connectivity index (χ2n) is 6.66. The highest BCUT2D eigenvalue weighted by Crippen LogP contribution is 2.27. The van der Waals surface area contributed by atoms with E-state index in [1.165, 1.54) is 19.3 Å². The quantitative estimate of drug-likeness (QED) is 0.678. The molecule has 1 amide bonds. The highest BCUT2D eigenvalue weighted by atomic mass is 32.2. The molecular formula is C20H26N2O2S2. The number of aromatic nitrogens is 1. The van der Waals surface area contributed by atoms with Crippen LogP contribution in [-0.4, -0.2) is 41.7 Å². The summed E-state index contributed by atoms with van der Waals surface area (Å²) in [6.45, 7) is 0. The predicted octanol–water partition coefficient (Wildman–Crippen LogP) is 4.84. The van der Waals surface area contributed by atoms with Crippen LogP contribution in [0.4, 0.5) is 0 Å². The molecule has 0 aliphatic heterocycles. The monoisotopic (exact) mass is 390 g/mol. The van der Waals surface area contributed by atoms with Gasteiger partial charge in [0.15, 0.2) is 0 Å². The summed E-state index contributed by atoms with van der Waals surface area (Å²) in [5.74, 6) is 2.40. The summed E-state index contributed by atoms with van der Waals surface area (Å²) in [7, 11) is 3.63. The zero-order valence-electron chi connectivity index (χ0n) is 15.4. The van der Waals surface area contributed by atoms with Gasteiger partial charge in [0.1, 0.15) is 10.8 Å². The molecule has 4 nitrogen and oxygen atoms in total. The number of carbonyl (C=O) groups is 1. The molecule has 1 fully saturated rings. The van der Waals surface area contributed by atoms with E-state index in [4.69, 9.17) is 9.72 Å². The summed E-state index contributed by atoms with van der Waals surface area (Å²) in [5.41, 5.74) is 2.14. The van der Waals surface area contributed by atoms with Gasteiger partial charge < -0.3 is 9.64 Å². The van der Waals surface area contributed by atoms with E-state index in [1.807, 2.05) is 36.2 Å². The second kappa shape index (κ2) is 9.42. The fraction of sp³-hybridized carbons (Fsp3) is 0.500. The highest BCUT2D eigenvalue weighted by Gasteiger charge is 2.21. The molecule has 6 heteroatoms. The maximum Gasteiger partial charge on any atom is 0.232 e. The number of amides is 1. The van der Waals surface area contributed by atoms with Crippen molar-refractivity contribution < 1.29 is 9.53 Å². The smallest absolute Gasteiger partial charge is 0.232 e. The van der Waals surface area contributed by atoms with Crippen LogP contribution in [0.3, 0.4) is 0 Å². The number of hydrogen-bond donors (Lipinski definition) is 0. The normalized spacial score (nSPS) is 15.0. The van der Waals surface area contributed by atoms with Crippen molar-refractivity contribution >= 4 is 29.0 Å². The molecule has 1 saturated carbocycles. The van der Waals surface area contributed by atoms with E-state index in [2.05, 4.69) is 5.38 Å². The fourth-order valence-corrected chi connectivity index (χ4v) is 5.02. The number of thiazole rings is 1. The third-order valence-corrected chi connectivity index (χ3v) is 6.77. The second-order valence-corrected chi connectivity index (χ2v) is 8.51. The van der Waals surface area contributed by atoms with E-state index in [-0.39, 0.29) is 5.91 Å². The zero-order valence-corrected chi connectivity index (χ0v) is 17.1. The van der Waals surface area contributed by atoms with Crippen molar-refractivity contribution in [3.63, 3.8) is 0 Å². The molecule has 0 unspecified atom stereocenters. The van der Waals surface area contributed by atoms with Gasteiger partial charge in [0.2, 0.25) is 5.91 Å². The topological polar surface area (TPSA) is 42.4 Å². The average molecular weight is 391 g/mol. The zero-order chi connectivity index (χ0) is 18.4. The first-order valence-electron chi connectivity index (χ1n) is 9.09. The predicted molar refractivity (Wildman–Crippen MR) is 110 cm³/mol. The molecule has 1 aliphatic rings. The summed E-state index contributed by atoms with van der Waals surface area (Å²) >= 11 is 3.30. The molecule has 0 bridgehead atoms. The SMILES string of the molecule is COc1ccc(-c2nc(CSCC(=O)N(C)C3CCCCC3)cs2)cc1. The molecule has 140 valence electrons. The Morgan fingerprint density at radius 2 is 2.00 bits per heavy atom. The first-order valence-corrected chi connectivity index (χ1v) is 11.1. The number of ether oxygens (including phenoxy) is 1. The van der Waals surface area contributed by atoms with Gasteiger partial charge in [-0.1, -0.05) is 19.3 Å². The van der Waals surface area contributed by atoms with Crippen molar-refractivity contribution in [2.24, 2.45) is 0 Å². The molecule has 26 heavy (non-hydrogen) atoms. The fourth-order valence-electron chi connectivity index (χ4n) is 3.26. The molecule has 1 aromatic carbocycles. The maximum absolute atomic E-state index is 12.4. The lowest BCUT2D eigenvalue weighted by Gasteiger charge is -2.31. The Hall–Kier alpha value is -1.53. The van der Waals surface area contributed by atoms with Crippen molar-refractivity contribution in [2.75, 3.05) is 19.9 Å². The number of benzene rings is 1. The molecule has 0 N–H and O–H groups in total. The van der Waals surface area contributed by atoms with Gasteiger partial charge in [-0.2, -0.15) is 0 Å². The Morgan fingerprint density at radius 3 is 2.69 bits per heavy atom. The first kappa shape index (κ1) is 19.2. The third-order valence-electron chi connectivity index (χ3n) is 4.88. The van der Waals surface area contributed by atoms with Crippen molar-refractivity contribution in [2.45, 2.75) is 43.9 Å². The Morgan fingerprint density at radius 1 is 1.27 bits per heavy atom. The van der Waals surface area contributed by atoms with Crippen LogP contribution < -0.4 is 4.74 Å². The summed E-state index contributed by atoms with van der Waals surface area (Å²) in [6.07, 6.45) is 6.13. The lowest BCUT2D eigenvalue weighted by atomic mass is 9.94. The maximum atomic E-state index is 12.4. The molecular weight excluding hydrogens is 364 g/mol. The average Bonchev–Trinajstić information content (AvgIpc) is 3.17. The highest BCUT2D eigenvalue weighted by molar-refractivity contribution is 7.99. The van der Waals surface area contributed by atoms with E-state index in [1.54, 1.807) is 30.2 Å². The van der Waals surface area contributed by atoms with Crippen LogP contribution in [0.15, 0.2) is 29.6 Å². The van der Waals surface area contributed by atoms with Crippen LogP contribution in [0, 0.1) is 0 Å². The number of nitrogens with zero attached hydrogens (tertiary/aromatic N) is 2. The van der Waals surface area contributed by atoms with Crippen LogP contribution >= 0.6 is 23.1 Å². The molecule has 0 atom stereocenters. The largest absolute Gasteiger partial charge is 0.497 e. The van der Waals surface area contributed by atoms with E-state index < -0.39 is 0 Å². The summed E-state index contributed by atoms with van der Waals surface area (Å²) in [4.78, 5) is 19.1. The number of rotatable bonds is 7. The minimum atomic E-state index is 0.243. The van der Waals surface area contributed by atoms with Crippen LogP contribution in [0.2, 0.25) is 0 Å². The molecule has 0 spiro atoms. The Labute approximate surface area is 164 Å². The van der Waals surface area contributed by atoms with Gasteiger partial charge in [0.25, 0.3) is 0 Å². The standard InChI is InChI=1S/C20H26N2O2S2/c1-22(17-6-4-3-5-7-17)19(23)14-25-12-16-13-26-20(21-16)15-8-10-18(24-2)11-9-15/h8-11,13,17H,3-7,12,14H2,1-2H3. The summed E-state index contributed by atoms with van der Waals surface area (Å²) < 4.78 is 5.19. The molecule has 1 heterocycles. The number of carbonyl (C=O) groups excluding carboxylic acids is 1. The number of methoxy groups -OCH3 is 1. The number of hydrogen-bond acceptors (Lipinski definition) is 5.